The molecule has 0 aliphatic rings. The number of halogens is 1. The summed E-state index contributed by atoms with van der Waals surface area (Å²) >= 11 is 3.24. The molecule has 30 heavy (non-hydrogen) atoms. The fraction of sp³-hybridized carbons (Fsp3) is 0.130. The van der Waals surface area contributed by atoms with Crippen LogP contribution >= 0.6 is 15.9 Å². The van der Waals surface area contributed by atoms with Gasteiger partial charge in [0, 0.05) is 5.56 Å². The fourth-order valence-electron chi connectivity index (χ4n) is 2.61. The molecule has 0 saturated carbocycles. The van der Waals surface area contributed by atoms with Crippen LogP contribution in [0.1, 0.15) is 28.4 Å². The van der Waals surface area contributed by atoms with E-state index in [1.165, 1.54) is 12.3 Å². The lowest BCUT2D eigenvalue weighted by molar-refractivity contribution is 0.0954. The van der Waals surface area contributed by atoms with Crippen molar-refractivity contribution in [2.24, 2.45) is 5.10 Å². The van der Waals surface area contributed by atoms with Gasteiger partial charge in [0.25, 0.3) is 5.91 Å². The normalized spacial score (nSPS) is 10.7. The Labute approximate surface area is 183 Å². The number of nitrogens with one attached hydrogen (secondary N) is 1. The molecule has 0 unspecified atom stereocenters. The summed E-state index contributed by atoms with van der Waals surface area (Å²) in [4.78, 5) is 12.4. The number of rotatable bonds is 8. The highest BCUT2D eigenvalue weighted by atomic mass is 79.9. The van der Waals surface area contributed by atoms with Crippen LogP contribution in [0, 0.1) is 0 Å². The SMILES string of the molecule is CCOc1cc(C(=O)N/N=C/c2ccc(O)c(Br)c2)ccc1OCc1ccccc1. The standard InChI is InChI=1S/C23H21BrN2O4/c1-2-29-22-13-18(9-11-21(22)30-15-16-6-4-3-5-7-16)23(28)26-25-14-17-8-10-20(27)19(24)12-17/h3-14,27H,2,15H2,1H3,(H,26,28)/b25-14+. The van der Waals surface area contributed by atoms with Gasteiger partial charge in [-0.3, -0.25) is 4.79 Å². The maximum Gasteiger partial charge on any atom is 0.271 e. The number of phenolic OH excluding ortho intramolecular Hbond substituents is 1. The van der Waals surface area contributed by atoms with E-state index in [4.69, 9.17) is 9.47 Å². The Morgan fingerprint density at radius 2 is 1.87 bits per heavy atom. The van der Waals surface area contributed by atoms with Crippen molar-refractivity contribution in [3.05, 3.63) is 87.9 Å². The molecule has 6 nitrogen and oxygen atoms in total. The van der Waals surface area contributed by atoms with Gasteiger partial charge < -0.3 is 14.6 Å². The van der Waals surface area contributed by atoms with Crippen LogP contribution in [0.15, 0.2) is 76.3 Å². The molecule has 2 N–H and O–H groups in total. The first-order valence-electron chi connectivity index (χ1n) is 9.32. The summed E-state index contributed by atoms with van der Waals surface area (Å²) in [6, 6.07) is 19.7. The lowest BCUT2D eigenvalue weighted by atomic mass is 10.2. The molecule has 0 spiro atoms. The van der Waals surface area contributed by atoms with Gasteiger partial charge in [0.2, 0.25) is 0 Å². The van der Waals surface area contributed by atoms with Crippen LogP contribution in [-0.2, 0) is 6.61 Å². The van der Waals surface area contributed by atoms with Crippen LogP contribution in [0.2, 0.25) is 0 Å². The molecule has 154 valence electrons. The van der Waals surface area contributed by atoms with Gasteiger partial charge in [0.05, 0.1) is 17.3 Å². The first kappa shape index (κ1) is 21.4. The van der Waals surface area contributed by atoms with Crippen molar-refractivity contribution in [2.75, 3.05) is 6.61 Å². The van der Waals surface area contributed by atoms with E-state index < -0.39 is 0 Å². The monoisotopic (exact) mass is 468 g/mol. The maximum absolute atomic E-state index is 12.4. The number of amides is 1. The Balaban J connectivity index is 1.67. The van der Waals surface area contributed by atoms with Crippen molar-refractivity contribution in [1.82, 2.24) is 5.43 Å². The van der Waals surface area contributed by atoms with E-state index in [0.717, 1.165) is 11.1 Å². The summed E-state index contributed by atoms with van der Waals surface area (Å²) in [6.07, 6.45) is 1.49. The highest BCUT2D eigenvalue weighted by Crippen LogP contribution is 2.29. The first-order chi connectivity index (χ1) is 14.6. The Hall–Kier alpha value is -3.32. The van der Waals surface area contributed by atoms with Crippen LogP contribution in [0.5, 0.6) is 17.2 Å². The van der Waals surface area contributed by atoms with Gasteiger partial charge in [-0.05, 0) is 70.4 Å². The van der Waals surface area contributed by atoms with E-state index in [2.05, 4.69) is 26.5 Å². The molecule has 0 aliphatic heterocycles. The van der Waals surface area contributed by atoms with Gasteiger partial charge in [0.15, 0.2) is 11.5 Å². The number of nitrogens with zero attached hydrogens (tertiary/aromatic N) is 1. The number of hydrogen-bond acceptors (Lipinski definition) is 5. The topological polar surface area (TPSA) is 80.2 Å². The molecule has 3 aromatic rings. The molecule has 0 fully saturated rings. The number of hydrazone groups is 1. The second-order valence-electron chi connectivity index (χ2n) is 6.28. The second kappa shape index (κ2) is 10.5. The van der Waals surface area contributed by atoms with E-state index in [1.54, 1.807) is 30.3 Å². The number of ether oxygens (including phenoxy) is 2. The van der Waals surface area contributed by atoms with Crippen LogP contribution in [-0.4, -0.2) is 23.8 Å². The summed E-state index contributed by atoms with van der Waals surface area (Å²) in [6.45, 7) is 2.72. The Bertz CT molecular complexity index is 1040. The lowest BCUT2D eigenvalue weighted by Gasteiger charge is -2.13. The van der Waals surface area contributed by atoms with Crippen LogP contribution in [0.25, 0.3) is 0 Å². The minimum absolute atomic E-state index is 0.134. The molecule has 0 saturated heterocycles. The third-order valence-corrected chi connectivity index (χ3v) is 4.73. The second-order valence-corrected chi connectivity index (χ2v) is 7.13. The van der Waals surface area contributed by atoms with Crippen molar-refractivity contribution in [1.29, 1.82) is 0 Å². The predicted molar refractivity (Wildman–Crippen MR) is 119 cm³/mol. The fourth-order valence-corrected chi connectivity index (χ4v) is 3.00. The van der Waals surface area contributed by atoms with Crippen LogP contribution in [0.4, 0.5) is 0 Å². The summed E-state index contributed by atoms with van der Waals surface area (Å²) in [5.74, 6) is 0.816. The van der Waals surface area contributed by atoms with Gasteiger partial charge in [-0.15, -0.1) is 0 Å². The highest BCUT2D eigenvalue weighted by molar-refractivity contribution is 9.10. The average molecular weight is 469 g/mol. The van der Waals surface area contributed by atoms with Gasteiger partial charge >= 0.3 is 0 Å². The smallest absolute Gasteiger partial charge is 0.271 e. The van der Waals surface area contributed by atoms with Crippen molar-refractivity contribution in [3.8, 4) is 17.2 Å². The van der Waals surface area contributed by atoms with E-state index >= 15 is 0 Å². The summed E-state index contributed by atoms with van der Waals surface area (Å²) < 4.78 is 12.0. The molecule has 1 amide bonds. The van der Waals surface area contributed by atoms with Gasteiger partial charge in [-0.2, -0.15) is 5.10 Å². The molecule has 3 aromatic carbocycles. The van der Waals surface area contributed by atoms with Crippen LogP contribution in [0.3, 0.4) is 0 Å². The minimum Gasteiger partial charge on any atom is -0.507 e. The molecule has 0 atom stereocenters. The van der Waals surface area contributed by atoms with Gasteiger partial charge in [0.1, 0.15) is 12.4 Å². The molecule has 0 aromatic heterocycles. The van der Waals surface area contributed by atoms with E-state index in [0.29, 0.717) is 34.7 Å². The number of hydrogen-bond donors (Lipinski definition) is 2. The molecule has 0 bridgehead atoms. The Kier molecular flexibility index (Phi) is 7.45. The van der Waals surface area contributed by atoms with Crippen molar-refractivity contribution >= 4 is 28.1 Å². The zero-order valence-electron chi connectivity index (χ0n) is 16.3. The highest BCUT2D eigenvalue weighted by Gasteiger charge is 2.11. The zero-order valence-corrected chi connectivity index (χ0v) is 17.9. The number of aromatic hydroxyl groups is 1. The number of carbonyl (C=O) groups is 1. The largest absolute Gasteiger partial charge is 0.507 e. The average Bonchev–Trinajstić information content (AvgIpc) is 2.76. The molecular weight excluding hydrogens is 448 g/mol. The van der Waals surface area contributed by atoms with Crippen molar-refractivity contribution in [2.45, 2.75) is 13.5 Å². The Morgan fingerprint density at radius 3 is 2.60 bits per heavy atom. The first-order valence-corrected chi connectivity index (χ1v) is 10.1. The van der Waals surface area contributed by atoms with E-state index in [1.807, 2.05) is 37.3 Å². The van der Waals surface area contributed by atoms with E-state index in [9.17, 15) is 9.90 Å². The lowest BCUT2D eigenvalue weighted by Crippen LogP contribution is -2.17. The minimum atomic E-state index is -0.375. The molecule has 0 heterocycles. The summed E-state index contributed by atoms with van der Waals surface area (Å²) in [7, 11) is 0. The maximum atomic E-state index is 12.4. The third-order valence-electron chi connectivity index (χ3n) is 4.09. The van der Waals surface area contributed by atoms with Gasteiger partial charge in [-0.1, -0.05) is 30.3 Å². The van der Waals surface area contributed by atoms with Crippen molar-refractivity contribution in [3.63, 3.8) is 0 Å². The quantitative estimate of drug-likeness (QED) is 0.364. The van der Waals surface area contributed by atoms with Crippen LogP contribution < -0.4 is 14.9 Å². The molecule has 0 aliphatic carbocycles. The van der Waals surface area contributed by atoms with Crippen molar-refractivity contribution < 1.29 is 19.4 Å². The number of benzene rings is 3. The molecule has 0 radical (unpaired) electrons. The summed E-state index contributed by atoms with van der Waals surface area (Å²) in [5, 5.41) is 13.5. The number of carbonyl (C=O) groups excluding carboxylic acids is 1. The predicted octanol–water partition coefficient (Wildman–Crippen LogP) is 4.90. The molecular formula is C23H21BrN2O4. The Morgan fingerprint density at radius 1 is 1.07 bits per heavy atom. The van der Waals surface area contributed by atoms with E-state index in [-0.39, 0.29) is 11.7 Å². The zero-order chi connectivity index (χ0) is 21.3. The van der Waals surface area contributed by atoms with Gasteiger partial charge in [-0.25, -0.2) is 5.43 Å². The third kappa shape index (κ3) is 5.84. The summed E-state index contributed by atoms with van der Waals surface area (Å²) in [5.41, 5.74) is 4.64. The molecule has 7 heteroatoms. The molecule has 3 rings (SSSR count). The number of phenols is 1.